The van der Waals surface area contributed by atoms with Crippen molar-refractivity contribution in [1.29, 1.82) is 0 Å². The van der Waals surface area contributed by atoms with Crippen LogP contribution in [0.25, 0.3) is 0 Å². The molecular formula is C13H19N5O2. The van der Waals surface area contributed by atoms with Crippen molar-refractivity contribution in [3.05, 3.63) is 6.33 Å². The third kappa shape index (κ3) is 2.29. The third-order valence-electron chi connectivity index (χ3n) is 3.54. The lowest BCUT2D eigenvalue weighted by Gasteiger charge is -2.40. The van der Waals surface area contributed by atoms with Gasteiger partial charge in [-0.25, -0.2) is 9.97 Å². The highest BCUT2D eigenvalue weighted by Crippen LogP contribution is 2.35. The summed E-state index contributed by atoms with van der Waals surface area (Å²) in [6.07, 6.45) is 1.55. The van der Waals surface area contributed by atoms with Crippen LogP contribution in [-0.2, 0) is 9.53 Å². The van der Waals surface area contributed by atoms with E-state index in [1.54, 1.807) is 6.33 Å². The van der Waals surface area contributed by atoms with Gasteiger partial charge in [0, 0.05) is 20.1 Å². The largest absolute Gasteiger partial charge is 0.372 e. The second-order valence-corrected chi connectivity index (χ2v) is 5.83. The van der Waals surface area contributed by atoms with Gasteiger partial charge in [0.15, 0.2) is 11.6 Å². The van der Waals surface area contributed by atoms with Crippen molar-refractivity contribution in [2.75, 3.05) is 48.4 Å². The highest BCUT2D eigenvalue weighted by molar-refractivity contribution is 6.03. The predicted octanol–water partition coefficient (Wildman–Crippen LogP) is 0.480. The average molecular weight is 277 g/mol. The molecule has 0 aliphatic carbocycles. The molecule has 1 aromatic heterocycles. The average Bonchev–Trinajstić information content (AvgIpc) is 2.36. The number of carbonyl (C=O) groups excluding carboxylic acids is 1. The number of nitrogens with one attached hydrogen (secondary N) is 1. The minimum atomic E-state index is -0.222. The molecule has 3 heterocycles. The fourth-order valence-electron chi connectivity index (χ4n) is 2.67. The molecule has 108 valence electrons. The summed E-state index contributed by atoms with van der Waals surface area (Å²) >= 11 is 0. The van der Waals surface area contributed by atoms with Crippen molar-refractivity contribution in [3.63, 3.8) is 0 Å². The van der Waals surface area contributed by atoms with E-state index in [0.29, 0.717) is 18.8 Å². The van der Waals surface area contributed by atoms with Crippen LogP contribution >= 0.6 is 0 Å². The lowest BCUT2D eigenvalue weighted by molar-refractivity contribution is -0.115. The van der Waals surface area contributed by atoms with E-state index in [4.69, 9.17) is 4.74 Å². The Balaban J connectivity index is 1.98. The molecule has 1 amide bonds. The monoisotopic (exact) mass is 277 g/mol. The van der Waals surface area contributed by atoms with Gasteiger partial charge in [0.05, 0.1) is 18.8 Å². The number of anilines is 3. The minimum Gasteiger partial charge on any atom is -0.372 e. The van der Waals surface area contributed by atoms with E-state index in [2.05, 4.69) is 34.0 Å². The summed E-state index contributed by atoms with van der Waals surface area (Å²) in [4.78, 5) is 24.4. The molecular weight excluding hydrogens is 258 g/mol. The summed E-state index contributed by atoms with van der Waals surface area (Å²) in [6.45, 7) is 6.56. The lowest BCUT2D eigenvalue weighted by atomic mass is 10.1. The highest BCUT2D eigenvalue weighted by atomic mass is 16.5. The Labute approximate surface area is 117 Å². The van der Waals surface area contributed by atoms with Gasteiger partial charge in [0.25, 0.3) is 0 Å². The zero-order valence-corrected chi connectivity index (χ0v) is 12.0. The number of rotatable bonds is 1. The quantitative estimate of drug-likeness (QED) is 0.805. The first-order valence-electron chi connectivity index (χ1n) is 6.71. The van der Waals surface area contributed by atoms with Crippen LogP contribution in [-0.4, -0.2) is 54.8 Å². The fraction of sp³-hybridized carbons (Fsp3) is 0.615. The van der Waals surface area contributed by atoms with Crippen LogP contribution in [0.4, 0.5) is 17.3 Å². The van der Waals surface area contributed by atoms with Gasteiger partial charge in [0.1, 0.15) is 12.0 Å². The van der Waals surface area contributed by atoms with Gasteiger partial charge in [-0.3, -0.25) is 4.79 Å². The molecule has 0 unspecified atom stereocenters. The van der Waals surface area contributed by atoms with Crippen LogP contribution < -0.4 is 15.1 Å². The van der Waals surface area contributed by atoms with Crippen LogP contribution in [0, 0.1) is 0 Å². The highest BCUT2D eigenvalue weighted by Gasteiger charge is 2.32. The van der Waals surface area contributed by atoms with Crippen LogP contribution in [0.2, 0.25) is 0 Å². The van der Waals surface area contributed by atoms with Crippen LogP contribution in [0.1, 0.15) is 13.8 Å². The molecule has 3 rings (SSSR count). The molecule has 20 heavy (non-hydrogen) atoms. The van der Waals surface area contributed by atoms with Crippen LogP contribution in [0.15, 0.2) is 6.33 Å². The number of morpholine rings is 1. The standard InChI is InChI=1S/C13H19N5O2/c1-13(2)7-18(4-5-20-13)12-10-11(14-8-15-12)17(3)6-9(19)16-10/h8H,4-7H2,1-3H3,(H,16,19). The number of hydrogen-bond acceptors (Lipinski definition) is 6. The molecule has 2 aliphatic rings. The zero-order valence-electron chi connectivity index (χ0n) is 12.0. The summed E-state index contributed by atoms with van der Waals surface area (Å²) < 4.78 is 5.72. The second-order valence-electron chi connectivity index (χ2n) is 5.83. The van der Waals surface area contributed by atoms with E-state index < -0.39 is 0 Å². The molecule has 0 spiro atoms. The predicted molar refractivity (Wildman–Crippen MR) is 76.2 cm³/mol. The number of hydrogen-bond donors (Lipinski definition) is 1. The van der Waals surface area contributed by atoms with Crippen LogP contribution in [0.3, 0.4) is 0 Å². The molecule has 1 fully saturated rings. The molecule has 2 aliphatic heterocycles. The maximum absolute atomic E-state index is 11.7. The van der Waals surface area contributed by atoms with E-state index in [1.807, 2.05) is 11.9 Å². The van der Waals surface area contributed by atoms with Gasteiger partial charge in [-0.05, 0) is 13.8 Å². The smallest absolute Gasteiger partial charge is 0.244 e. The molecule has 1 N–H and O–H groups in total. The second kappa shape index (κ2) is 4.59. The van der Waals surface area contributed by atoms with E-state index in [-0.39, 0.29) is 11.5 Å². The van der Waals surface area contributed by atoms with Gasteiger partial charge in [-0.15, -0.1) is 0 Å². The SMILES string of the molecule is CN1CC(=O)Nc2c1ncnc2N1CCOC(C)(C)C1. The van der Waals surface area contributed by atoms with Crippen molar-refractivity contribution in [1.82, 2.24) is 9.97 Å². The Kier molecular flexibility index (Phi) is 3.01. The lowest BCUT2D eigenvalue weighted by Crippen LogP contribution is -2.49. The fourth-order valence-corrected chi connectivity index (χ4v) is 2.67. The Morgan fingerprint density at radius 1 is 1.35 bits per heavy atom. The van der Waals surface area contributed by atoms with Gasteiger partial charge in [-0.1, -0.05) is 0 Å². The van der Waals surface area contributed by atoms with Crippen molar-refractivity contribution in [2.24, 2.45) is 0 Å². The molecule has 0 radical (unpaired) electrons. The Bertz CT molecular complexity index is 546. The topological polar surface area (TPSA) is 70.6 Å². The molecule has 0 aromatic carbocycles. The Hall–Kier alpha value is -1.89. The van der Waals surface area contributed by atoms with E-state index in [9.17, 15) is 4.79 Å². The molecule has 1 saturated heterocycles. The molecule has 1 aromatic rings. The summed E-state index contributed by atoms with van der Waals surface area (Å²) in [5.74, 6) is 1.49. The summed E-state index contributed by atoms with van der Waals surface area (Å²) in [6, 6.07) is 0. The first kappa shape index (κ1) is 13.1. The van der Waals surface area contributed by atoms with Gasteiger partial charge >= 0.3 is 0 Å². The number of carbonyl (C=O) groups is 1. The van der Waals surface area contributed by atoms with Gasteiger partial charge in [0.2, 0.25) is 5.91 Å². The molecule has 7 nitrogen and oxygen atoms in total. The third-order valence-corrected chi connectivity index (χ3v) is 3.54. The maximum atomic E-state index is 11.7. The number of ether oxygens (including phenoxy) is 1. The summed E-state index contributed by atoms with van der Waals surface area (Å²) in [5.41, 5.74) is 0.477. The Morgan fingerprint density at radius 2 is 2.10 bits per heavy atom. The van der Waals surface area contributed by atoms with Gasteiger partial charge in [-0.2, -0.15) is 0 Å². The number of amides is 1. The van der Waals surface area contributed by atoms with Gasteiger partial charge < -0.3 is 19.9 Å². The summed E-state index contributed by atoms with van der Waals surface area (Å²) in [7, 11) is 1.86. The molecule has 0 atom stereocenters. The molecule has 0 saturated carbocycles. The molecule has 7 heteroatoms. The van der Waals surface area contributed by atoms with Crippen molar-refractivity contribution < 1.29 is 9.53 Å². The van der Waals surface area contributed by atoms with E-state index in [1.165, 1.54) is 0 Å². The number of nitrogens with zero attached hydrogens (tertiary/aromatic N) is 4. The first-order valence-corrected chi connectivity index (χ1v) is 6.71. The van der Waals surface area contributed by atoms with Crippen molar-refractivity contribution >= 4 is 23.2 Å². The number of aromatic nitrogens is 2. The van der Waals surface area contributed by atoms with Crippen molar-refractivity contribution in [2.45, 2.75) is 19.4 Å². The first-order chi connectivity index (χ1) is 9.46. The summed E-state index contributed by atoms with van der Waals surface area (Å²) in [5, 5.41) is 2.90. The van der Waals surface area contributed by atoms with Crippen molar-refractivity contribution in [3.8, 4) is 0 Å². The number of likely N-dealkylation sites (N-methyl/N-ethyl adjacent to an activating group) is 1. The minimum absolute atomic E-state index is 0.0384. The number of fused-ring (bicyclic) bond motifs is 1. The normalized spacial score (nSPS) is 21.4. The van der Waals surface area contributed by atoms with E-state index in [0.717, 1.165) is 24.7 Å². The zero-order chi connectivity index (χ0) is 14.3. The molecule has 0 bridgehead atoms. The Morgan fingerprint density at radius 3 is 2.85 bits per heavy atom. The van der Waals surface area contributed by atoms with Crippen LogP contribution in [0.5, 0.6) is 0 Å². The maximum Gasteiger partial charge on any atom is 0.244 e. The van der Waals surface area contributed by atoms with E-state index >= 15 is 0 Å².